The fraction of sp³-hybridized carbons (Fsp3) is 0.0345. The lowest BCUT2D eigenvalue weighted by molar-refractivity contribution is -0.384. The highest BCUT2D eigenvalue weighted by molar-refractivity contribution is 6.23. The first-order valence-corrected chi connectivity index (χ1v) is 11.2. The molecule has 5 rings (SSSR count). The van der Waals surface area contributed by atoms with Crippen molar-refractivity contribution in [3.63, 3.8) is 0 Å². The standard InChI is InChI=1S/C29H20N2O5/c1-19(32)22-8-5-9-25(16-22)30-27(20-6-3-2-4-7-20)18-23(29(30)33)17-26-14-15-28(36-26)21-10-12-24(13-11-21)31(34)35/h2-18H,1H3. The number of hydrogen-bond donors (Lipinski definition) is 0. The number of ketones is 1. The Labute approximate surface area is 206 Å². The van der Waals surface area contributed by atoms with Gasteiger partial charge >= 0.3 is 0 Å². The van der Waals surface area contributed by atoms with E-state index in [4.69, 9.17) is 4.42 Å². The molecule has 7 nitrogen and oxygen atoms in total. The van der Waals surface area contributed by atoms with Gasteiger partial charge in [0.2, 0.25) is 0 Å². The molecule has 2 heterocycles. The number of carbonyl (C=O) groups excluding carboxylic acids is 2. The number of nitro benzene ring substituents is 1. The fourth-order valence-electron chi connectivity index (χ4n) is 4.04. The molecule has 3 aromatic carbocycles. The van der Waals surface area contributed by atoms with Crippen LogP contribution in [0.3, 0.4) is 0 Å². The van der Waals surface area contributed by atoms with Gasteiger partial charge in [-0.1, -0.05) is 42.5 Å². The molecule has 1 aromatic heterocycles. The molecule has 0 bridgehead atoms. The highest BCUT2D eigenvalue weighted by Gasteiger charge is 2.31. The van der Waals surface area contributed by atoms with E-state index in [1.807, 2.05) is 30.3 Å². The molecule has 0 unspecified atom stereocenters. The highest BCUT2D eigenvalue weighted by atomic mass is 16.6. The third kappa shape index (κ3) is 4.37. The minimum Gasteiger partial charge on any atom is -0.457 e. The number of nitrogens with zero attached hydrogens (tertiary/aromatic N) is 2. The Kier molecular flexibility index (Phi) is 5.88. The number of carbonyl (C=O) groups is 2. The first kappa shape index (κ1) is 22.7. The minimum absolute atomic E-state index is 0.00304. The van der Waals surface area contributed by atoms with Gasteiger partial charge in [-0.2, -0.15) is 0 Å². The Bertz CT molecular complexity index is 1550. The molecule has 0 saturated carbocycles. The average molecular weight is 476 g/mol. The maximum atomic E-state index is 13.6. The summed E-state index contributed by atoms with van der Waals surface area (Å²) in [5, 5.41) is 10.9. The molecule has 0 aliphatic carbocycles. The van der Waals surface area contributed by atoms with Crippen molar-refractivity contribution >= 4 is 34.8 Å². The Balaban J connectivity index is 1.52. The van der Waals surface area contributed by atoms with Crippen molar-refractivity contribution < 1.29 is 18.9 Å². The summed E-state index contributed by atoms with van der Waals surface area (Å²) in [7, 11) is 0. The van der Waals surface area contributed by atoms with Gasteiger partial charge in [-0.05, 0) is 61.0 Å². The van der Waals surface area contributed by atoms with Crippen molar-refractivity contribution in [2.45, 2.75) is 6.92 Å². The highest BCUT2D eigenvalue weighted by Crippen LogP contribution is 2.36. The molecule has 0 N–H and O–H groups in total. The molecule has 1 aliphatic heterocycles. The van der Waals surface area contributed by atoms with E-state index in [2.05, 4.69) is 0 Å². The number of rotatable bonds is 6. The van der Waals surface area contributed by atoms with Crippen molar-refractivity contribution in [1.82, 2.24) is 0 Å². The molecule has 176 valence electrons. The topological polar surface area (TPSA) is 93.7 Å². The molecular weight excluding hydrogens is 456 g/mol. The number of amides is 1. The molecule has 1 aliphatic rings. The van der Waals surface area contributed by atoms with Crippen LogP contribution in [0.5, 0.6) is 0 Å². The Morgan fingerprint density at radius 1 is 0.917 bits per heavy atom. The number of non-ortho nitro benzene ring substituents is 1. The number of furan rings is 1. The van der Waals surface area contributed by atoms with Gasteiger partial charge in [0.1, 0.15) is 11.5 Å². The Morgan fingerprint density at radius 2 is 1.67 bits per heavy atom. The molecule has 0 saturated heterocycles. The van der Waals surface area contributed by atoms with E-state index in [1.165, 1.54) is 19.1 Å². The number of hydrogen-bond acceptors (Lipinski definition) is 5. The lowest BCUT2D eigenvalue weighted by Crippen LogP contribution is -2.25. The minimum atomic E-state index is -0.456. The van der Waals surface area contributed by atoms with Crippen molar-refractivity contribution in [3.8, 4) is 11.3 Å². The SMILES string of the molecule is CC(=O)c1cccc(N2C(=O)C(=Cc3ccc(-c4ccc([N+](=O)[O-])cc4)o3)C=C2c2ccccc2)c1. The number of nitro groups is 1. The van der Waals surface area contributed by atoms with Gasteiger partial charge in [0.15, 0.2) is 5.78 Å². The van der Waals surface area contributed by atoms with Crippen LogP contribution in [0.4, 0.5) is 11.4 Å². The van der Waals surface area contributed by atoms with Gasteiger partial charge < -0.3 is 4.42 Å². The molecule has 0 radical (unpaired) electrons. The maximum Gasteiger partial charge on any atom is 0.269 e. The third-order valence-corrected chi connectivity index (χ3v) is 5.85. The van der Waals surface area contributed by atoms with E-state index in [-0.39, 0.29) is 17.4 Å². The molecule has 0 spiro atoms. The second-order valence-corrected chi connectivity index (χ2v) is 8.25. The summed E-state index contributed by atoms with van der Waals surface area (Å²) in [6.07, 6.45) is 3.46. The number of Topliss-reactive ketones (excluding diaryl/α,β-unsaturated/α-hetero) is 1. The summed E-state index contributed by atoms with van der Waals surface area (Å²) < 4.78 is 5.92. The monoisotopic (exact) mass is 476 g/mol. The van der Waals surface area contributed by atoms with Crippen LogP contribution in [0.1, 0.15) is 28.6 Å². The van der Waals surface area contributed by atoms with Crippen molar-refractivity contribution in [2.75, 3.05) is 4.90 Å². The van der Waals surface area contributed by atoms with E-state index >= 15 is 0 Å². The zero-order valence-corrected chi connectivity index (χ0v) is 19.3. The number of anilines is 1. The van der Waals surface area contributed by atoms with Crippen LogP contribution in [0, 0.1) is 10.1 Å². The molecule has 7 heteroatoms. The van der Waals surface area contributed by atoms with E-state index in [9.17, 15) is 19.7 Å². The van der Waals surface area contributed by atoms with Crippen LogP contribution in [0.25, 0.3) is 23.1 Å². The molecule has 4 aromatic rings. The fourth-order valence-corrected chi connectivity index (χ4v) is 4.04. The van der Waals surface area contributed by atoms with E-state index in [0.717, 1.165) is 5.56 Å². The van der Waals surface area contributed by atoms with Gasteiger partial charge in [-0.25, -0.2) is 0 Å². The summed E-state index contributed by atoms with van der Waals surface area (Å²) in [5.74, 6) is 0.664. The summed E-state index contributed by atoms with van der Waals surface area (Å²) in [6.45, 7) is 1.49. The first-order valence-electron chi connectivity index (χ1n) is 11.2. The molecule has 1 amide bonds. The van der Waals surface area contributed by atoms with Gasteiger partial charge in [0.25, 0.3) is 11.6 Å². The third-order valence-electron chi connectivity index (χ3n) is 5.85. The smallest absolute Gasteiger partial charge is 0.269 e. The Morgan fingerprint density at radius 3 is 2.36 bits per heavy atom. The van der Waals surface area contributed by atoms with E-state index in [0.29, 0.717) is 39.6 Å². The zero-order valence-electron chi connectivity index (χ0n) is 19.3. The van der Waals surface area contributed by atoms with Crippen LogP contribution >= 0.6 is 0 Å². The Hall–Kier alpha value is -5.04. The van der Waals surface area contributed by atoms with Gasteiger partial charge in [0.05, 0.1) is 10.6 Å². The largest absolute Gasteiger partial charge is 0.457 e. The summed E-state index contributed by atoms with van der Waals surface area (Å²) >= 11 is 0. The van der Waals surface area contributed by atoms with Crippen molar-refractivity contribution in [1.29, 1.82) is 0 Å². The van der Waals surface area contributed by atoms with Gasteiger partial charge in [-0.3, -0.25) is 24.6 Å². The predicted octanol–water partition coefficient (Wildman–Crippen LogP) is 6.53. The quantitative estimate of drug-likeness (QED) is 0.137. The summed E-state index contributed by atoms with van der Waals surface area (Å²) in [4.78, 5) is 37.6. The molecular formula is C29H20N2O5. The molecule has 0 atom stereocenters. The van der Waals surface area contributed by atoms with E-state index < -0.39 is 4.92 Å². The van der Waals surface area contributed by atoms with Crippen LogP contribution in [0.2, 0.25) is 0 Å². The zero-order chi connectivity index (χ0) is 25.2. The van der Waals surface area contributed by atoms with Crippen LogP contribution in [0.15, 0.2) is 107 Å². The predicted molar refractivity (Wildman–Crippen MR) is 137 cm³/mol. The maximum absolute atomic E-state index is 13.6. The summed E-state index contributed by atoms with van der Waals surface area (Å²) in [5.41, 5.74) is 3.76. The lowest BCUT2D eigenvalue weighted by atomic mass is 10.1. The lowest BCUT2D eigenvalue weighted by Gasteiger charge is -2.21. The van der Waals surface area contributed by atoms with Crippen LogP contribution in [-0.2, 0) is 4.79 Å². The molecule has 0 fully saturated rings. The van der Waals surface area contributed by atoms with Crippen molar-refractivity contribution in [2.24, 2.45) is 0 Å². The average Bonchev–Trinajstić information content (AvgIpc) is 3.49. The van der Waals surface area contributed by atoms with Crippen LogP contribution < -0.4 is 4.90 Å². The van der Waals surface area contributed by atoms with Gasteiger partial charge in [0, 0.05) is 34.5 Å². The first-order chi connectivity index (χ1) is 17.4. The van der Waals surface area contributed by atoms with Gasteiger partial charge in [-0.15, -0.1) is 0 Å². The van der Waals surface area contributed by atoms with Crippen molar-refractivity contribution in [3.05, 3.63) is 130 Å². The molecule has 36 heavy (non-hydrogen) atoms. The summed E-state index contributed by atoms with van der Waals surface area (Å²) in [6, 6.07) is 26.1. The second-order valence-electron chi connectivity index (χ2n) is 8.25. The number of benzene rings is 3. The second kappa shape index (κ2) is 9.31. The van der Waals surface area contributed by atoms with E-state index in [1.54, 1.807) is 65.6 Å². The normalized spacial score (nSPS) is 14.2. The van der Waals surface area contributed by atoms with Crippen LogP contribution in [-0.4, -0.2) is 16.6 Å².